The molecule has 166 valence electrons. The molecule has 1 atom stereocenters. The van der Waals surface area contributed by atoms with Crippen LogP contribution in [0.4, 0.5) is 13.2 Å². The number of hydrogen-bond acceptors (Lipinski definition) is 4. The minimum absolute atomic E-state index is 0. The maximum atomic E-state index is 12.9. The standard InChI is InChI=1S/C17H26F3N5O2S.HI/c1-3-22-16(23-12-14-5-4-6-15(11-14)28(21,26)27)25-9-7-24(8-10-25)13(2)17(18,19)20;/h4-6,11,13H,3,7-10,12H2,1-2H3,(H,22,23)(H2,21,26,27);1H. The molecule has 2 rings (SSSR count). The van der Waals surface area contributed by atoms with Gasteiger partial charge in [-0.05, 0) is 31.5 Å². The Morgan fingerprint density at radius 1 is 1.28 bits per heavy atom. The van der Waals surface area contributed by atoms with E-state index in [1.54, 1.807) is 12.1 Å². The van der Waals surface area contributed by atoms with Gasteiger partial charge in [-0.15, -0.1) is 24.0 Å². The zero-order valence-corrected chi connectivity index (χ0v) is 19.5. The van der Waals surface area contributed by atoms with Crippen LogP contribution in [-0.4, -0.2) is 69.1 Å². The molecule has 0 aromatic heterocycles. The number of alkyl halides is 3. The molecule has 1 aromatic carbocycles. The number of sulfonamides is 1. The lowest BCUT2D eigenvalue weighted by Crippen LogP contribution is -2.56. The van der Waals surface area contributed by atoms with E-state index < -0.39 is 22.2 Å². The summed E-state index contributed by atoms with van der Waals surface area (Å²) in [5, 5.41) is 8.28. The van der Waals surface area contributed by atoms with Crippen LogP contribution in [0.2, 0.25) is 0 Å². The number of benzene rings is 1. The number of halogens is 4. The first-order valence-electron chi connectivity index (χ1n) is 8.98. The lowest BCUT2D eigenvalue weighted by molar-refractivity contribution is -0.181. The van der Waals surface area contributed by atoms with Gasteiger partial charge in [0.2, 0.25) is 10.0 Å². The van der Waals surface area contributed by atoms with Gasteiger partial charge in [-0.1, -0.05) is 12.1 Å². The molecule has 12 heteroatoms. The second kappa shape index (κ2) is 10.8. The van der Waals surface area contributed by atoms with Gasteiger partial charge in [0.25, 0.3) is 0 Å². The summed E-state index contributed by atoms with van der Waals surface area (Å²) in [5.41, 5.74) is 0.672. The van der Waals surface area contributed by atoms with Crippen molar-refractivity contribution in [2.75, 3.05) is 32.7 Å². The first-order valence-corrected chi connectivity index (χ1v) is 10.5. The largest absolute Gasteiger partial charge is 0.403 e. The first-order chi connectivity index (χ1) is 13.0. The SMILES string of the molecule is CCNC(=NCc1cccc(S(N)(=O)=O)c1)N1CCN(C(C)C(F)(F)F)CC1.I. The molecule has 0 amide bonds. The Bertz CT molecular complexity index is 797. The summed E-state index contributed by atoms with van der Waals surface area (Å²) in [4.78, 5) is 7.84. The maximum Gasteiger partial charge on any atom is 0.403 e. The van der Waals surface area contributed by atoms with Gasteiger partial charge in [0.05, 0.1) is 11.4 Å². The van der Waals surface area contributed by atoms with E-state index in [1.807, 2.05) is 11.8 Å². The van der Waals surface area contributed by atoms with E-state index in [1.165, 1.54) is 24.0 Å². The number of rotatable bonds is 5. The van der Waals surface area contributed by atoms with Crippen LogP contribution in [0.25, 0.3) is 0 Å². The molecule has 1 aliphatic heterocycles. The number of aliphatic imine (C=N–C) groups is 1. The fourth-order valence-electron chi connectivity index (χ4n) is 2.94. The highest BCUT2D eigenvalue weighted by Gasteiger charge is 2.41. The number of nitrogens with one attached hydrogen (secondary N) is 1. The minimum atomic E-state index is -4.24. The fourth-order valence-corrected chi connectivity index (χ4v) is 3.52. The summed E-state index contributed by atoms with van der Waals surface area (Å²) >= 11 is 0. The van der Waals surface area contributed by atoms with Crippen LogP contribution in [0.3, 0.4) is 0 Å². The third kappa shape index (κ3) is 7.57. The van der Waals surface area contributed by atoms with Crippen LogP contribution in [0.5, 0.6) is 0 Å². The van der Waals surface area contributed by atoms with E-state index in [-0.39, 0.29) is 48.5 Å². The van der Waals surface area contributed by atoms with E-state index in [9.17, 15) is 21.6 Å². The van der Waals surface area contributed by atoms with Crippen molar-refractivity contribution in [2.24, 2.45) is 10.1 Å². The zero-order chi connectivity index (χ0) is 20.9. The lowest BCUT2D eigenvalue weighted by Gasteiger charge is -2.39. The van der Waals surface area contributed by atoms with Gasteiger partial charge in [0.15, 0.2) is 5.96 Å². The van der Waals surface area contributed by atoms with E-state index >= 15 is 0 Å². The Labute approximate surface area is 186 Å². The fraction of sp³-hybridized carbons (Fsp3) is 0.588. The van der Waals surface area contributed by atoms with Crippen molar-refractivity contribution in [1.82, 2.24) is 15.1 Å². The van der Waals surface area contributed by atoms with Gasteiger partial charge < -0.3 is 10.2 Å². The normalized spacial score (nSPS) is 17.6. The van der Waals surface area contributed by atoms with E-state index in [4.69, 9.17) is 5.14 Å². The highest BCUT2D eigenvalue weighted by molar-refractivity contribution is 14.0. The van der Waals surface area contributed by atoms with Crippen LogP contribution in [0, 0.1) is 0 Å². The van der Waals surface area contributed by atoms with E-state index in [2.05, 4.69) is 10.3 Å². The number of primary sulfonamides is 1. The molecule has 1 heterocycles. The van der Waals surface area contributed by atoms with Crippen LogP contribution < -0.4 is 10.5 Å². The van der Waals surface area contributed by atoms with Crippen molar-refractivity contribution < 1.29 is 21.6 Å². The predicted molar refractivity (Wildman–Crippen MR) is 117 cm³/mol. The third-order valence-corrected chi connectivity index (χ3v) is 5.52. The molecule has 1 aliphatic rings. The molecule has 1 aromatic rings. The summed E-state index contributed by atoms with van der Waals surface area (Å²) in [6.07, 6.45) is -4.24. The van der Waals surface area contributed by atoms with Crippen molar-refractivity contribution in [2.45, 2.75) is 37.5 Å². The second-order valence-electron chi connectivity index (χ2n) is 6.60. The Morgan fingerprint density at radius 2 is 1.90 bits per heavy atom. The number of nitrogens with two attached hydrogens (primary N) is 1. The Balaban J connectivity index is 0.00000420. The van der Waals surface area contributed by atoms with E-state index in [0.29, 0.717) is 31.2 Å². The Hall–Kier alpha value is -1.12. The van der Waals surface area contributed by atoms with Gasteiger partial charge >= 0.3 is 6.18 Å². The Kier molecular flexibility index (Phi) is 9.63. The summed E-state index contributed by atoms with van der Waals surface area (Å²) in [5.74, 6) is 0.586. The number of nitrogens with zero attached hydrogens (tertiary/aromatic N) is 3. The number of piperazine rings is 1. The Morgan fingerprint density at radius 3 is 2.41 bits per heavy atom. The van der Waals surface area contributed by atoms with Crippen molar-refractivity contribution >= 4 is 40.0 Å². The molecule has 3 N–H and O–H groups in total. The van der Waals surface area contributed by atoms with Crippen molar-refractivity contribution in [1.29, 1.82) is 0 Å². The van der Waals surface area contributed by atoms with Crippen LogP contribution in [0.15, 0.2) is 34.2 Å². The molecule has 0 bridgehead atoms. The van der Waals surface area contributed by atoms with Gasteiger partial charge in [-0.2, -0.15) is 13.2 Å². The van der Waals surface area contributed by atoms with Crippen LogP contribution in [-0.2, 0) is 16.6 Å². The van der Waals surface area contributed by atoms with Crippen molar-refractivity contribution in [3.8, 4) is 0 Å². The summed E-state index contributed by atoms with van der Waals surface area (Å²) in [7, 11) is -3.79. The molecule has 1 unspecified atom stereocenters. The minimum Gasteiger partial charge on any atom is -0.357 e. The summed E-state index contributed by atoms with van der Waals surface area (Å²) in [6.45, 7) is 5.32. The summed E-state index contributed by atoms with van der Waals surface area (Å²) < 4.78 is 61.6. The molecular formula is C17H27F3IN5O2S. The predicted octanol–water partition coefficient (Wildman–Crippen LogP) is 1.99. The average molecular weight is 549 g/mol. The highest BCUT2D eigenvalue weighted by atomic mass is 127. The van der Waals surface area contributed by atoms with E-state index in [0.717, 1.165) is 0 Å². The van der Waals surface area contributed by atoms with Gasteiger partial charge in [-0.3, -0.25) is 4.90 Å². The molecule has 1 fully saturated rings. The van der Waals surface area contributed by atoms with Gasteiger partial charge in [0, 0.05) is 32.7 Å². The van der Waals surface area contributed by atoms with Crippen molar-refractivity contribution in [3.63, 3.8) is 0 Å². The lowest BCUT2D eigenvalue weighted by atomic mass is 10.2. The quantitative estimate of drug-likeness (QED) is 0.333. The van der Waals surface area contributed by atoms with Crippen molar-refractivity contribution in [3.05, 3.63) is 29.8 Å². The molecule has 0 aliphatic carbocycles. The first kappa shape index (κ1) is 25.9. The van der Waals surface area contributed by atoms with Gasteiger partial charge in [-0.25, -0.2) is 18.5 Å². The molecule has 0 saturated carbocycles. The van der Waals surface area contributed by atoms with Gasteiger partial charge in [0.1, 0.15) is 6.04 Å². The molecule has 7 nitrogen and oxygen atoms in total. The monoisotopic (exact) mass is 549 g/mol. The molecule has 29 heavy (non-hydrogen) atoms. The molecule has 0 radical (unpaired) electrons. The topological polar surface area (TPSA) is 91.0 Å². The molecule has 0 spiro atoms. The third-order valence-electron chi connectivity index (χ3n) is 4.61. The number of guanidine groups is 1. The second-order valence-corrected chi connectivity index (χ2v) is 8.16. The van der Waals surface area contributed by atoms with Crippen LogP contribution >= 0.6 is 24.0 Å². The number of hydrogen-bond donors (Lipinski definition) is 2. The summed E-state index contributed by atoms with van der Waals surface area (Å²) in [6, 6.07) is 4.73. The molecular weight excluding hydrogens is 522 g/mol. The zero-order valence-electron chi connectivity index (χ0n) is 16.3. The van der Waals surface area contributed by atoms with Crippen LogP contribution in [0.1, 0.15) is 19.4 Å². The average Bonchev–Trinajstić information content (AvgIpc) is 2.63. The highest BCUT2D eigenvalue weighted by Crippen LogP contribution is 2.25. The smallest absolute Gasteiger partial charge is 0.357 e. The molecule has 1 saturated heterocycles. The maximum absolute atomic E-state index is 12.9.